The van der Waals surface area contributed by atoms with Crippen molar-refractivity contribution in [2.24, 2.45) is 0 Å². The molecule has 1 N–H and O–H groups in total. The molecule has 0 aliphatic rings. The number of ketones is 1. The van der Waals surface area contributed by atoms with Gasteiger partial charge in [0.1, 0.15) is 0 Å². The topological polar surface area (TPSA) is 55.4 Å². The zero-order valence-electron chi connectivity index (χ0n) is 16.3. The smallest absolute Gasteiger partial charge is 0.337 e. The Morgan fingerprint density at radius 2 is 1.48 bits per heavy atom. The van der Waals surface area contributed by atoms with Gasteiger partial charge in [-0.1, -0.05) is 42.2 Å². The van der Waals surface area contributed by atoms with Crippen molar-refractivity contribution in [1.82, 2.24) is 0 Å². The highest BCUT2D eigenvalue weighted by atomic mass is 16.5. The molecule has 0 aliphatic carbocycles. The van der Waals surface area contributed by atoms with Gasteiger partial charge in [0.05, 0.1) is 18.7 Å². The van der Waals surface area contributed by atoms with Gasteiger partial charge in [-0.3, -0.25) is 4.79 Å². The minimum Gasteiger partial charge on any atom is -0.465 e. The van der Waals surface area contributed by atoms with Crippen molar-refractivity contribution in [2.75, 3.05) is 12.4 Å². The Kier molecular flexibility index (Phi) is 6.44. The molecule has 1 unspecified atom stereocenters. The average molecular weight is 383 g/mol. The Labute approximate surface area is 170 Å². The van der Waals surface area contributed by atoms with Crippen LogP contribution in [0.2, 0.25) is 0 Å². The molecule has 29 heavy (non-hydrogen) atoms. The second-order valence-corrected chi connectivity index (χ2v) is 6.50. The molecule has 144 valence electrons. The van der Waals surface area contributed by atoms with Gasteiger partial charge in [-0.05, 0) is 55.5 Å². The van der Waals surface area contributed by atoms with Crippen molar-refractivity contribution < 1.29 is 14.3 Å². The molecule has 3 rings (SSSR count). The fraction of sp³-hybridized carbons (Fsp3) is 0.120. The minimum atomic E-state index is -0.434. The van der Waals surface area contributed by atoms with Gasteiger partial charge in [-0.15, -0.1) is 0 Å². The molecule has 4 heteroatoms. The number of nitrogens with one attached hydrogen (secondary N) is 1. The van der Waals surface area contributed by atoms with E-state index in [4.69, 9.17) is 0 Å². The van der Waals surface area contributed by atoms with E-state index in [9.17, 15) is 9.59 Å². The Morgan fingerprint density at radius 1 is 0.828 bits per heavy atom. The van der Waals surface area contributed by atoms with Crippen molar-refractivity contribution in [3.05, 3.63) is 101 Å². The molecule has 3 aromatic carbocycles. The van der Waals surface area contributed by atoms with Crippen LogP contribution in [-0.4, -0.2) is 24.9 Å². The molecule has 0 saturated heterocycles. The lowest BCUT2D eigenvalue weighted by Gasteiger charge is -2.14. The van der Waals surface area contributed by atoms with Gasteiger partial charge >= 0.3 is 5.97 Å². The Balaban J connectivity index is 1.70. The normalized spacial score (nSPS) is 11.0. The maximum absolute atomic E-state index is 12.8. The van der Waals surface area contributed by atoms with Gasteiger partial charge in [0.2, 0.25) is 0 Å². The molecule has 0 fully saturated rings. The fourth-order valence-electron chi connectivity index (χ4n) is 2.80. The van der Waals surface area contributed by atoms with E-state index >= 15 is 0 Å². The van der Waals surface area contributed by atoms with Crippen LogP contribution in [0.25, 0.3) is 0 Å². The molecule has 0 aliphatic heterocycles. The van der Waals surface area contributed by atoms with Gasteiger partial charge in [-0.25, -0.2) is 4.79 Å². The number of carbonyl (C=O) groups is 2. The zero-order chi connectivity index (χ0) is 20.6. The number of rotatable bonds is 5. The zero-order valence-corrected chi connectivity index (χ0v) is 16.3. The van der Waals surface area contributed by atoms with Crippen LogP contribution in [0.15, 0.2) is 78.9 Å². The van der Waals surface area contributed by atoms with E-state index in [1.807, 2.05) is 42.5 Å². The van der Waals surface area contributed by atoms with Crippen LogP contribution in [0, 0.1) is 11.8 Å². The molecule has 0 bridgehead atoms. The predicted molar refractivity (Wildman–Crippen MR) is 114 cm³/mol. The SMILES string of the molecule is COC(=O)c1ccc(NC(C)C(=O)c2cccc(C#Cc3ccccc3)c2)cc1. The second-order valence-electron chi connectivity index (χ2n) is 6.50. The number of anilines is 1. The number of Topliss-reactive ketones (excluding diaryl/α,β-unsaturated/α-hetero) is 1. The maximum Gasteiger partial charge on any atom is 0.337 e. The van der Waals surface area contributed by atoms with Gasteiger partial charge in [0.15, 0.2) is 5.78 Å². The molecule has 0 saturated carbocycles. The highest BCUT2D eigenvalue weighted by Gasteiger charge is 2.15. The van der Waals surface area contributed by atoms with Crippen molar-refractivity contribution in [3.8, 4) is 11.8 Å². The van der Waals surface area contributed by atoms with Gasteiger partial charge in [0, 0.05) is 22.4 Å². The van der Waals surface area contributed by atoms with E-state index < -0.39 is 12.0 Å². The van der Waals surface area contributed by atoms with E-state index in [0.29, 0.717) is 11.1 Å². The van der Waals surface area contributed by atoms with Gasteiger partial charge < -0.3 is 10.1 Å². The molecular formula is C25H21NO3. The van der Waals surface area contributed by atoms with Gasteiger partial charge in [-0.2, -0.15) is 0 Å². The number of hydrogen-bond acceptors (Lipinski definition) is 4. The third-order valence-electron chi connectivity index (χ3n) is 4.35. The number of benzene rings is 3. The Hall–Kier alpha value is -3.84. The lowest BCUT2D eigenvalue weighted by molar-refractivity contribution is 0.0600. The molecule has 4 nitrogen and oxygen atoms in total. The van der Waals surface area contributed by atoms with Crippen molar-refractivity contribution in [3.63, 3.8) is 0 Å². The Morgan fingerprint density at radius 3 is 2.17 bits per heavy atom. The van der Waals surface area contributed by atoms with E-state index in [1.165, 1.54) is 7.11 Å². The first kappa shape index (κ1) is 19.9. The lowest BCUT2D eigenvalue weighted by atomic mass is 10.0. The number of methoxy groups -OCH3 is 1. The van der Waals surface area contributed by atoms with Crippen LogP contribution in [0.5, 0.6) is 0 Å². The second kappa shape index (κ2) is 9.38. The number of ether oxygens (including phenoxy) is 1. The lowest BCUT2D eigenvalue weighted by Crippen LogP contribution is -2.26. The summed E-state index contributed by atoms with van der Waals surface area (Å²) in [5, 5.41) is 3.16. The van der Waals surface area contributed by atoms with Gasteiger partial charge in [0.25, 0.3) is 0 Å². The largest absolute Gasteiger partial charge is 0.465 e. The van der Waals surface area contributed by atoms with E-state index in [1.54, 1.807) is 43.3 Å². The molecule has 3 aromatic rings. The Bertz CT molecular complexity index is 1060. The molecule has 0 amide bonds. The summed E-state index contributed by atoms with van der Waals surface area (Å²) in [6.45, 7) is 1.80. The van der Waals surface area contributed by atoms with Crippen molar-refractivity contribution in [1.29, 1.82) is 0 Å². The summed E-state index contributed by atoms with van der Waals surface area (Å²) in [6.07, 6.45) is 0. The summed E-state index contributed by atoms with van der Waals surface area (Å²) < 4.78 is 4.69. The molecular weight excluding hydrogens is 362 g/mol. The van der Waals surface area contributed by atoms with E-state index in [2.05, 4.69) is 21.9 Å². The quantitative estimate of drug-likeness (QED) is 0.399. The molecule has 0 spiro atoms. The first-order chi connectivity index (χ1) is 14.1. The van der Waals surface area contributed by atoms with Crippen LogP contribution in [0.1, 0.15) is 38.8 Å². The molecule has 0 aromatic heterocycles. The standard InChI is InChI=1S/C25H21NO3/c1-18(26-23-15-13-21(14-16-23)25(28)29-2)24(27)22-10-6-9-20(17-22)12-11-19-7-4-3-5-8-19/h3-10,13-18,26H,1-2H3. The molecule has 1 atom stereocenters. The summed E-state index contributed by atoms with van der Waals surface area (Å²) >= 11 is 0. The summed E-state index contributed by atoms with van der Waals surface area (Å²) in [5.74, 6) is 5.77. The van der Waals surface area contributed by atoms with Crippen LogP contribution >= 0.6 is 0 Å². The highest BCUT2D eigenvalue weighted by molar-refractivity contribution is 6.01. The summed E-state index contributed by atoms with van der Waals surface area (Å²) in [6, 6.07) is 23.4. The summed E-state index contributed by atoms with van der Waals surface area (Å²) in [7, 11) is 1.34. The van der Waals surface area contributed by atoms with Crippen LogP contribution in [0.3, 0.4) is 0 Å². The summed E-state index contributed by atoms with van der Waals surface area (Å²) in [5.41, 5.74) is 3.51. The van der Waals surface area contributed by atoms with Crippen LogP contribution in [-0.2, 0) is 4.74 Å². The number of esters is 1. The first-order valence-electron chi connectivity index (χ1n) is 9.23. The fourth-order valence-corrected chi connectivity index (χ4v) is 2.80. The van der Waals surface area contributed by atoms with Crippen LogP contribution < -0.4 is 5.32 Å². The van der Waals surface area contributed by atoms with Crippen molar-refractivity contribution >= 4 is 17.4 Å². The third kappa shape index (κ3) is 5.33. The molecule has 0 heterocycles. The van der Waals surface area contributed by atoms with Crippen molar-refractivity contribution in [2.45, 2.75) is 13.0 Å². The van der Waals surface area contributed by atoms with E-state index in [0.717, 1.165) is 16.8 Å². The number of carbonyl (C=O) groups excluding carboxylic acids is 2. The average Bonchev–Trinajstić information content (AvgIpc) is 2.78. The number of hydrogen-bond donors (Lipinski definition) is 1. The maximum atomic E-state index is 12.8. The summed E-state index contributed by atoms with van der Waals surface area (Å²) in [4.78, 5) is 24.3. The monoisotopic (exact) mass is 383 g/mol. The predicted octanol–water partition coefficient (Wildman–Crippen LogP) is 4.56. The first-order valence-corrected chi connectivity index (χ1v) is 9.23. The third-order valence-corrected chi connectivity index (χ3v) is 4.35. The minimum absolute atomic E-state index is 0.0367. The highest BCUT2D eigenvalue weighted by Crippen LogP contribution is 2.14. The molecule has 0 radical (unpaired) electrons. The van der Waals surface area contributed by atoms with E-state index in [-0.39, 0.29) is 5.78 Å². The van der Waals surface area contributed by atoms with Crippen LogP contribution in [0.4, 0.5) is 5.69 Å².